The second-order valence-corrected chi connectivity index (χ2v) is 5.86. The van der Waals surface area contributed by atoms with E-state index in [0.717, 1.165) is 11.8 Å². The van der Waals surface area contributed by atoms with Crippen LogP contribution in [0.25, 0.3) is 0 Å². The van der Waals surface area contributed by atoms with E-state index in [1.165, 1.54) is 25.7 Å². The summed E-state index contributed by atoms with van der Waals surface area (Å²) in [4.78, 5) is 0. The highest BCUT2D eigenvalue weighted by atomic mass is 14.2. The van der Waals surface area contributed by atoms with Gasteiger partial charge in [0.2, 0.25) is 0 Å². The molecule has 80 valence electrons. The molecule has 0 spiro atoms. The number of hydrogen-bond acceptors (Lipinski definition) is 0. The Hall–Kier alpha value is 0. The standard InChI is InChI=1S/C13H28/c1-7-8-9-11(2)12(3)10-13(4,5)6/h11-12H,7-10H2,1-6H3. The summed E-state index contributed by atoms with van der Waals surface area (Å²) in [6, 6.07) is 0. The first-order valence-corrected chi connectivity index (χ1v) is 5.87. The zero-order valence-corrected chi connectivity index (χ0v) is 10.5. The van der Waals surface area contributed by atoms with Crippen LogP contribution >= 0.6 is 0 Å². The SMILES string of the molecule is CCCCC(C)C(C)CC(C)(C)C. The Kier molecular flexibility index (Phi) is 5.67. The van der Waals surface area contributed by atoms with Gasteiger partial charge >= 0.3 is 0 Å². The van der Waals surface area contributed by atoms with E-state index in [-0.39, 0.29) is 0 Å². The molecule has 0 heterocycles. The van der Waals surface area contributed by atoms with Gasteiger partial charge in [-0.3, -0.25) is 0 Å². The van der Waals surface area contributed by atoms with E-state index in [9.17, 15) is 0 Å². The van der Waals surface area contributed by atoms with Gasteiger partial charge in [-0.15, -0.1) is 0 Å². The monoisotopic (exact) mass is 184 g/mol. The van der Waals surface area contributed by atoms with E-state index >= 15 is 0 Å². The fourth-order valence-electron chi connectivity index (χ4n) is 1.98. The maximum Gasteiger partial charge on any atom is -0.0380 e. The lowest BCUT2D eigenvalue weighted by Gasteiger charge is -2.27. The van der Waals surface area contributed by atoms with Crippen molar-refractivity contribution in [3.8, 4) is 0 Å². The van der Waals surface area contributed by atoms with Gasteiger partial charge in [0.25, 0.3) is 0 Å². The van der Waals surface area contributed by atoms with Crippen molar-refractivity contribution in [3.63, 3.8) is 0 Å². The van der Waals surface area contributed by atoms with Gasteiger partial charge in [0, 0.05) is 0 Å². The van der Waals surface area contributed by atoms with E-state index in [0.29, 0.717) is 5.41 Å². The Morgan fingerprint density at radius 3 is 1.92 bits per heavy atom. The van der Waals surface area contributed by atoms with Crippen LogP contribution in [0, 0.1) is 17.3 Å². The van der Waals surface area contributed by atoms with Crippen LogP contribution in [0.3, 0.4) is 0 Å². The number of rotatable bonds is 5. The highest BCUT2D eigenvalue weighted by Gasteiger charge is 2.19. The van der Waals surface area contributed by atoms with E-state index < -0.39 is 0 Å². The van der Waals surface area contributed by atoms with E-state index in [1.807, 2.05) is 0 Å². The minimum atomic E-state index is 0.500. The van der Waals surface area contributed by atoms with Crippen molar-refractivity contribution in [3.05, 3.63) is 0 Å². The summed E-state index contributed by atoms with van der Waals surface area (Å²) in [6.45, 7) is 14.1. The first-order valence-electron chi connectivity index (χ1n) is 5.87. The molecular formula is C13H28. The minimum Gasteiger partial charge on any atom is -0.0654 e. The highest BCUT2D eigenvalue weighted by Crippen LogP contribution is 2.30. The Balaban J connectivity index is 3.75. The molecule has 0 rings (SSSR count). The maximum absolute atomic E-state index is 2.41. The van der Waals surface area contributed by atoms with Gasteiger partial charge in [0.1, 0.15) is 0 Å². The first kappa shape index (κ1) is 13.0. The summed E-state index contributed by atoms with van der Waals surface area (Å²) in [5, 5.41) is 0. The third kappa shape index (κ3) is 7.10. The average Bonchev–Trinajstić information content (AvgIpc) is 1.96. The lowest BCUT2D eigenvalue weighted by atomic mass is 9.79. The molecule has 0 aromatic carbocycles. The Morgan fingerprint density at radius 1 is 1.00 bits per heavy atom. The highest BCUT2D eigenvalue weighted by molar-refractivity contribution is 4.70. The van der Waals surface area contributed by atoms with Gasteiger partial charge in [-0.05, 0) is 23.7 Å². The van der Waals surface area contributed by atoms with E-state index in [1.54, 1.807) is 0 Å². The molecule has 0 aliphatic heterocycles. The molecule has 0 nitrogen and oxygen atoms in total. The molecule has 0 N–H and O–H groups in total. The van der Waals surface area contributed by atoms with Crippen LogP contribution < -0.4 is 0 Å². The molecular weight excluding hydrogens is 156 g/mol. The second-order valence-electron chi connectivity index (χ2n) is 5.86. The Bertz CT molecular complexity index is 118. The number of unbranched alkanes of at least 4 members (excludes halogenated alkanes) is 1. The summed E-state index contributed by atoms with van der Waals surface area (Å²) < 4.78 is 0. The van der Waals surface area contributed by atoms with Gasteiger partial charge in [0.05, 0.1) is 0 Å². The summed E-state index contributed by atoms with van der Waals surface area (Å²) >= 11 is 0. The molecule has 13 heavy (non-hydrogen) atoms. The summed E-state index contributed by atoms with van der Waals surface area (Å²) in [7, 11) is 0. The smallest absolute Gasteiger partial charge is 0.0380 e. The van der Waals surface area contributed by atoms with E-state index in [2.05, 4.69) is 41.5 Å². The fourth-order valence-corrected chi connectivity index (χ4v) is 1.98. The first-order chi connectivity index (χ1) is 5.87. The third-order valence-corrected chi connectivity index (χ3v) is 2.92. The van der Waals surface area contributed by atoms with Gasteiger partial charge in [-0.1, -0.05) is 60.8 Å². The van der Waals surface area contributed by atoms with Crippen LogP contribution in [-0.2, 0) is 0 Å². The summed E-state index contributed by atoms with van der Waals surface area (Å²) in [5.74, 6) is 1.78. The predicted octanol–water partition coefficient (Wildman–Crippen LogP) is 4.89. The lowest BCUT2D eigenvalue weighted by Crippen LogP contribution is -2.16. The van der Waals surface area contributed by atoms with Gasteiger partial charge < -0.3 is 0 Å². The third-order valence-electron chi connectivity index (χ3n) is 2.92. The van der Waals surface area contributed by atoms with Crippen molar-refractivity contribution >= 4 is 0 Å². The molecule has 2 atom stereocenters. The number of hydrogen-bond donors (Lipinski definition) is 0. The van der Waals surface area contributed by atoms with Crippen molar-refractivity contribution in [2.75, 3.05) is 0 Å². The van der Waals surface area contributed by atoms with Crippen molar-refractivity contribution in [1.82, 2.24) is 0 Å². The molecule has 0 aromatic rings. The predicted molar refractivity (Wildman–Crippen MR) is 61.9 cm³/mol. The Labute approximate surface area is 85.1 Å². The molecule has 0 bridgehead atoms. The van der Waals surface area contributed by atoms with Crippen molar-refractivity contribution in [2.45, 2.75) is 67.2 Å². The molecule has 0 radical (unpaired) electrons. The molecule has 0 saturated carbocycles. The summed E-state index contributed by atoms with van der Waals surface area (Å²) in [6.07, 6.45) is 5.51. The molecule has 0 aliphatic rings. The van der Waals surface area contributed by atoms with Gasteiger partial charge in [0.15, 0.2) is 0 Å². The largest absolute Gasteiger partial charge is 0.0654 e. The molecule has 2 unspecified atom stereocenters. The lowest BCUT2D eigenvalue weighted by molar-refractivity contribution is 0.238. The zero-order chi connectivity index (χ0) is 10.5. The van der Waals surface area contributed by atoms with Gasteiger partial charge in [-0.2, -0.15) is 0 Å². The minimum absolute atomic E-state index is 0.500. The molecule has 0 aromatic heterocycles. The van der Waals surface area contributed by atoms with Crippen LogP contribution in [0.1, 0.15) is 67.2 Å². The van der Waals surface area contributed by atoms with Crippen molar-refractivity contribution in [1.29, 1.82) is 0 Å². The maximum atomic E-state index is 2.41. The zero-order valence-electron chi connectivity index (χ0n) is 10.5. The van der Waals surface area contributed by atoms with Crippen LogP contribution in [0.4, 0.5) is 0 Å². The van der Waals surface area contributed by atoms with E-state index in [4.69, 9.17) is 0 Å². The van der Waals surface area contributed by atoms with Crippen LogP contribution in [-0.4, -0.2) is 0 Å². The normalized spacial score (nSPS) is 17.1. The van der Waals surface area contributed by atoms with Crippen LogP contribution in [0.5, 0.6) is 0 Å². The molecule has 0 saturated heterocycles. The summed E-state index contributed by atoms with van der Waals surface area (Å²) in [5.41, 5.74) is 0.500. The molecule has 0 amide bonds. The molecule has 0 aliphatic carbocycles. The molecule has 0 fully saturated rings. The second kappa shape index (κ2) is 5.67. The average molecular weight is 184 g/mol. The quantitative estimate of drug-likeness (QED) is 0.571. The van der Waals surface area contributed by atoms with Gasteiger partial charge in [-0.25, -0.2) is 0 Å². The van der Waals surface area contributed by atoms with Crippen molar-refractivity contribution in [2.24, 2.45) is 17.3 Å². The molecule has 0 heteroatoms. The van der Waals surface area contributed by atoms with Crippen LogP contribution in [0.15, 0.2) is 0 Å². The van der Waals surface area contributed by atoms with Crippen molar-refractivity contribution < 1.29 is 0 Å². The topological polar surface area (TPSA) is 0 Å². The Morgan fingerprint density at radius 2 is 1.54 bits per heavy atom. The fraction of sp³-hybridized carbons (Fsp3) is 1.00. The van der Waals surface area contributed by atoms with Crippen LogP contribution in [0.2, 0.25) is 0 Å².